The third-order valence-electron chi connectivity index (χ3n) is 7.05. The number of aromatic nitrogens is 4. The van der Waals surface area contributed by atoms with E-state index < -0.39 is 34.7 Å². The monoisotopic (exact) mass is 505 g/mol. The van der Waals surface area contributed by atoms with Gasteiger partial charge in [0, 0.05) is 0 Å². The lowest BCUT2D eigenvalue weighted by molar-refractivity contribution is -0.165. The number of anilines is 1. The van der Waals surface area contributed by atoms with Crippen LogP contribution >= 0.6 is 0 Å². The molecule has 2 aliphatic carbocycles. The summed E-state index contributed by atoms with van der Waals surface area (Å²) in [6.45, 7) is -0.454. The van der Waals surface area contributed by atoms with E-state index in [0.717, 1.165) is 38.5 Å². The third kappa shape index (κ3) is 5.85. The lowest BCUT2D eigenvalue weighted by atomic mass is 9.83. The normalized spacial score (nSPS) is 19.3. The summed E-state index contributed by atoms with van der Waals surface area (Å²) < 4.78 is 18.4. The SMILES string of the molecule is Nc1nc2c(ncn2COC(COC(=O)C2(N)CCCCC2)COC(=O)C2(N)CCCCC2)c(=O)[nH]1. The first kappa shape index (κ1) is 26.0. The van der Waals surface area contributed by atoms with Gasteiger partial charge in [-0.2, -0.15) is 4.98 Å². The van der Waals surface area contributed by atoms with Crippen molar-refractivity contribution in [1.82, 2.24) is 19.5 Å². The summed E-state index contributed by atoms with van der Waals surface area (Å²) in [5, 5.41) is 0. The summed E-state index contributed by atoms with van der Waals surface area (Å²) in [5.74, 6) is -1.06. The minimum Gasteiger partial charge on any atom is -0.461 e. The second kappa shape index (κ2) is 10.9. The summed E-state index contributed by atoms with van der Waals surface area (Å²) in [7, 11) is 0. The highest BCUT2D eigenvalue weighted by Gasteiger charge is 2.39. The van der Waals surface area contributed by atoms with Crippen molar-refractivity contribution in [3.05, 3.63) is 16.7 Å². The maximum Gasteiger partial charge on any atom is 0.326 e. The van der Waals surface area contributed by atoms with E-state index >= 15 is 0 Å². The number of rotatable bonds is 9. The molecule has 0 unspecified atom stereocenters. The van der Waals surface area contributed by atoms with Crippen LogP contribution in [0.3, 0.4) is 0 Å². The maximum absolute atomic E-state index is 12.7. The van der Waals surface area contributed by atoms with Crippen LogP contribution in [0.5, 0.6) is 0 Å². The molecule has 2 fully saturated rings. The van der Waals surface area contributed by atoms with Crippen molar-refractivity contribution >= 4 is 29.1 Å². The smallest absolute Gasteiger partial charge is 0.326 e. The second-order valence-corrected chi connectivity index (χ2v) is 9.89. The van der Waals surface area contributed by atoms with Crippen molar-refractivity contribution < 1.29 is 23.8 Å². The van der Waals surface area contributed by atoms with Gasteiger partial charge in [0.05, 0.1) is 6.33 Å². The lowest BCUT2D eigenvalue weighted by Crippen LogP contribution is -2.52. The zero-order valence-electron chi connectivity index (χ0n) is 20.4. The van der Waals surface area contributed by atoms with Crippen LogP contribution in [0.1, 0.15) is 64.2 Å². The summed E-state index contributed by atoms with van der Waals surface area (Å²) in [5.41, 5.74) is 16.0. The molecule has 36 heavy (non-hydrogen) atoms. The van der Waals surface area contributed by atoms with Crippen LogP contribution in [0.4, 0.5) is 5.95 Å². The molecule has 0 saturated heterocycles. The van der Waals surface area contributed by atoms with Crippen LogP contribution in [0.15, 0.2) is 11.1 Å². The van der Waals surface area contributed by atoms with E-state index in [9.17, 15) is 14.4 Å². The molecule has 2 heterocycles. The van der Waals surface area contributed by atoms with Crippen LogP contribution in [0, 0.1) is 0 Å². The van der Waals surface area contributed by atoms with E-state index in [-0.39, 0.29) is 37.1 Å². The van der Waals surface area contributed by atoms with Crippen molar-refractivity contribution in [1.29, 1.82) is 0 Å². The molecular formula is C23H35N7O6. The molecule has 2 aromatic heterocycles. The third-order valence-corrected chi connectivity index (χ3v) is 7.05. The van der Waals surface area contributed by atoms with Gasteiger partial charge in [-0.15, -0.1) is 0 Å². The predicted molar refractivity (Wildman–Crippen MR) is 129 cm³/mol. The highest BCUT2D eigenvalue weighted by molar-refractivity contribution is 5.81. The molecule has 2 aromatic rings. The van der Waals surface area contributed by atoms with Gasteiger partial charge in [-0.25, -0.2) is 4.98 Å². The Morgan fingerprint density at radius 3 is 2.03 bits per heavy atom. The topological polar surface area (TPSA) is 203 Å². The Morgan fingerprint density at radius 1 is 0.972 bits per heavy atom. The van der Waals surface area contributed by atoms with Crippen molar-refractivity contribution in [3.8, 4) is 0 Å². The van der Waals surface area contributed by atoms with Gasteiger partial charge in [0.2, 0.25) is 5.95 Å². The Balaban J connectivity index is 1.42. The van der Waals surface area contributed by atoms with E-state index in [2.05, 4.69) is 15.0 Å². The number of nitrogens with two attached hydrogens (primary N) is 3. The average molecular weight is 506 g/mol. The Kier molecular flexibility index (Phi) is 7.91. The largest absolute Gasteiger partial charge is 0.461 e. The van der Waals surface area contributed by atoms with Gasteiger partial charge in [0.1, 0.15) is 37.1 Å². The fourth-order valence-corrected chi connectivity index (χ4v) is 4.79. The number of H-pyrrole nitrogens is 1. The van der Waals surface area contributed by atoms with E-state index in [0.29, 0.717) is 25.7 Å². The van der Waals surface area contributed by atoms with E-state index in [1.165, 1.54) is 10.9 Å². The molecule has 0 amide bonds. The summed E-state index contributed by atoms with van der Waals surface area (Å²) in [4.78, 5) is 48.0. The Hall–Kier alpha value is -3.03. The van der Waals surface area contributed by atoms with Gasteiger partial charge in [0.25, 0.3) is 5.56 Å². The zero-order chi connectivity index (χ0) is 25.8. The van der Waals surface area contributed by atoms with E-state index in [1.807, 2.05) is 0 Å². The number of nitrogens with one attached hydrogen (secondary N) is 1. The minimum atomic E-state index is -1.02. The number of carbonyl (C=O) groups excluding carboxylic acids is 2. The highest BCUT2D eigenvalue weighted by atomic mass is 16.6. The first-order chi connectivity index (χ1) is 17.2. The van der Waals surface area contributed by atoms with Gasteiger partial charge in [-0.1, -0.05) is 38.5 Å². The molecular weight excluding hydrogens is 470 g/mol. The molecule has 2 aliphatic rings. The van der Waals surface area contributed by atoms with Crippen molar-refractivity contribution in [2.24, 2.45) is 11.5 Å². The molecule has 2 saturated carbocycles. The van der Waals surface area contributed by atoms with Crippen LogP contribution < -0.4 is 22.8 Å². The Labute approximate surface area is 208 Å². The quantitative estimate of drug-likeness (QED) is 0.344. The molecule has 0 aliphatic heterocycles. The molecule has 7 N–H and O–H groups in total. The number of carbonyl (C=O) groups is 2. The molecule has 4 rings (SSSR count). The van der Waals surface area contributed by atoms with Gasteiger partial charge in [0.15, 0.2) is 11.2 Å². The highest BCUT2D eigenvalue weighted by Crippen LogP contribution is 2.28. The van der Waals surface area contributed by atoms with Gasteiger partial charge < -0.3 is 31.4 Å². The van der Waals surface area contributed by atoms with Gasteiger partial charge in [-0.05, 0) is 25.7 Å². The summed E-state index contributed by atoms with van der Waals surface area (Å²) >= 11 is 0. The average Bonchev–Trinajstić information content (AvgIpc) is 3.27. The Morgan fingerprint density at radius 2 is 1.50 bits per heavy atom. The number of esters is 2. The maximum atomic E-state index is 12.7. The summed E-state index contributed by atoms with van der Waals surface area (Å²) in [6, 6.07) is 0. The fourth-order valence-electron chi connectivity index (χ4n) is 4.79. The molecule has 198 valence electrons. The first-order valence-electron chi connectivity index (χ1n) is 12.4. The van der Waals surface area contributed by atoms with Crippen molar-refractivity contribution in [2.45, 2.75) is 88.1 Å². The molecule has 0 aromatic carbocycles. The second-order valence-electron chi connectivity index (χ2n) is 9.89. The standard InChI is InChI=1S/C23H35N7O6/c24-21-28-17-16(18(31)29-21)27-13-30(17)14-36-15(11-34-19(32)22(25)7-3-1-4-8-22)12-35-20(33)23(26)9-5-2-6-10-23/h13,15H,1-12,14,25-26H2,(H3,24,28,29,31). The van der Waals surface area contributed by atoms with Crippen LogP contribution in [0.2, 0.25) is 0 Å². The molecule has 0 atom stereocenters. The minimum absolute atomic E-state index is 0.0601. The van der Waals surface area contributed by atoms with Crippen LogP contribution in [-0.2, 0) is 30.5 Å². The number of imidazole rings is 1. The number of hydrogen-bond donors (Lipinski definition) is 4. The van der Waals surface area contributed by atoms with E-state index in [1.54, 1.807) is 0 Å². The number of ether oxygens (including phenoxy) is 3. The fraction of sp³-hybridized carbons (Fsp3) is 0.696. The van der Waals surface area contributed by atoms with Crippen molar-refractivity contribution in [3.63, 3.8) is 0 Å². The van der Waals surface area contributed by atoms with E-state index in [4.69, 9.17) is 31.4 Å². The molecule has 13 nitrogen and oxygen atoms in total. The van der Waals surface area contributed by atoms with Gasteiger partial charge >= 0.3 is 11.9 Å². The number of nitrogens with zero attached hydrogens (tertiary/aromatic N) is 3. The number of aromatic amines is 1. The number of nitrogen functional groups attached to an aromatic ring is 1. The molecule has 0 radical (unpaired) electrons. The number of hydrogen-bond acceptors (Lipinski definition) is 11. The molecule has 0 bridgehead atoms. The lowest BCUT2D eigenvalue weighted by Gasteiger charge is -2.32. The first-order valence-corrected chi connectivity index (χ1v) is 12.4. The van der Waals surface area contributed by atoms with Crippen molar-refractivity contribution in [2.75, 3.05) is 18.9 Å². The van der Waals surface area contributed by atoms with Crippen LogP contribution in [0.25, 0.3) is 11.2 Å². The number of fused-ring (bicyclic) bond motifs is 1. The predicted octanol–water partition coefficient (Wildman–Crippen LogP) is 0.454. The summed E-state index contributed by atoms with van der Waals surface area (Å²) in [6.07, 6.45) is 8.35. The van der Waals surface area contributed by atoms with Gasteiger partial charge in [-0.3, -0.25) is 23.9 Å². The molecule has 13 heteroatoms. The Bertz CT molecular complexity index is 1090. The zero-order valence-corrected chi connectivity index (χ0v) is 20.4. The molecule has 0 spiro atoms. The van der Waals surface area contributed by atoms with Crippen LogP contribution in [-0.4, -0.2) is 61.9 Å².